The molecular formula is C21H21N5O. The lowest BCUT2D eigenvalue weighted by atomic mass is 10.0. The van der Waals surface area contributed by atoms with Crippen LogP contribution in [0.15, 0.2) is 53.7 Å². The molecule has 27 heavy (non-hydrogen) atoms. The molecule has 1 aromatic carbocycles. The van der Waals surface area contributed by atoms with Crippen LogP contribution in [0.3, 0.4) is 0 Å². The van der Waals surface area contributed by atoms with Crippen molar-refractivity contribution in [2.75, 3.05) is 0 Å². The second kappa shape index (κ2) is 6.46. The van der Waals surface area contributed by atoms with E-state index in [1.807, 2.05) is 36.7 Å². The van der Waals surface area contributed by atoms with Crippen molar-refractivity contribution in [3.05, 3.63) is 77.2 Å². The Hall–Kier alpha value is -3.28. The average molecular weight is 359 g/mol. The van der Waals surface area contributed by atoms with Crippen molar-refractivity contribution in [1.82, 2.24) is 19.3 Å². The first-order chi connectivity index (χ1) is 13.0. The summed E-state index contributed by atoms with van der Waals surface area (Å²) >= 11 is 0. The molecule has 0 bridgehead atoms. The SMILES string of the molecule is CC(=O)/C=C/C1N=C(c2ccccc2)c2c(cn(C)c2C)-n2c(C)nnc21. The third-order valence-electron chi connectivity index (χ3n) is 4.88. The number of benzene rings is 1. The summed E-state index contributed by atoms with van der Waals surface area (Å²) in [4.78, 5) is 16.6. The number of ketones is 1. The summed E-state index contributed by atoms with van der Waals surface area (Å²) in [6.07, 6.45) is 5.43. The molecule has 0 saturated heterocycles. The van der Waals surface area contributed by atoms with Crippen molar-refractivity contribution in [3.8, 4) is 5.69 Å². The number of fused-ring (bicyclic) bond motifs is 3. The van der Waals surface area contributed by atoms with Gasteiger partial charge in [-0.1, -0.05) is 30.3 Å². The lowest BCUT2D eigenvalue weighted by Crippen LogP contribution is -2.07. The average Bonchev–Trinajstić information content (AvgIpc) is 3.12. The first-order valence-electron chi connectivity index (χ1n) is 8.88. The number of nitrogens with zero attached hydrogens (tertiary/aromatic N) is 5. The fraction of sp³-hybridized carbons (Fsp3) is 0.238. The molecule has 136 valence electrons. The van der Waals surface area contributed by atoms with Gasteiger partial charge in [-0.05, 0) is 32.9 Å². The summed E-state index contributed by atoms with van der Waals surface area (Å²) in [5.41, 5.74) is 5.11. The Bertz CT molecular complexity index is 1090. The predicted molar refractivity (Wildman–Crippen MR) is 104 cm³/mol. The molecule has 1 unspecified atom stereocenters. The Morgan fingerprint density at radius 3 is 2.59 bits per heavy atom. The number of allylic oxidation sites excluding steroid dienone is 1. The molecule has 3 heterocycles. The molecule has 4 rings (SSSR count). The molecule has 0 spiro atoms. The van der Waals surface area contributed by atoms with Crippen LogP contribution in [0, 0.1) is 13.8 Å². The van der Waals surface area contributed by atoms with E-state index in [9.17, 15) is 4.79 Å². The van der Waals surface area contributed by atoms with Crippen molar-refractivity contribution in [2.45, 2.75) is 26.8 Å². The first kappa shape index (κ1) is 17.1. The summed E-state index contributed by atoms with van der Waals surface area (Å²) in [6, 6.07) is 9.73. The number of hydrogen-bond acceptors (Lipinski definition) is 4. The van der Waals surface area contributed by atoms with Crippen LogP contribution in [0.1, 0.15) is 41.4 Å². The van der Waals surface area contributed by atoms with Gasteiger partial charge < -0.3 is 4.57 Å². The van der Waals surface area contributed by atoms with E-state index in [1.54, 1.807) is 12.2 Å². The van der Waals surface area contributed by atoms with E-state index in [2.05, 4.69) is 40.0 Å². The fourth-order valence-corrected chi connectivity index (χ4v) is 3.47. The standard InChI is InChI=1S/C21H21N5O/c1-13(27)10-11-17-21-24-23-15(3)26(21)18-12-25(4)14(2)19(18)20(22-17)16-8-6-5-7-9-16/h5-12,17H,1-4H3/b11-10+. The third kappa shape index (κ3) is 2.83. The molecular weight excluding hydrogens is 338 g/mol. The van der Waals surface area contributed by atoms with Crippen molar-refractivity contribution in [2.24, 2.45) is 12.0 Å². The van der Waals surface area contributed by atoms with Gasteiger partial charge in [0.2, 0.25) is 0 Å². The Labute approximate surface area is 157 Å². The Morgan fingerprint density at radius 2 is 1.89 bits per heavy atom. The number of aryl methyl sites for hydroxylation is 2. The van der Waals surface area contributed by atoms with Crippen LogP contribution in [0.5, 0.6) is 0 Å². The summed E-state index contributed by atoms with van der Waals surface area (Å²) in [5.74, 6) is 1.48. The van der Waals surface area contributed by atoms with Crippen molar-refractivity contribution < 1.29 is 4.79 Å². The number of hydrogen-bond donors (Lipinski definition) is 0. The first-order valence-corrected chi connectivity index (χ1v) is 8.88. The zero-order valence-corrected chi connectivity index (χ0v) is 15.8. The highest BCUT2D eigenvalue weighted by Gasteiger charge is 2.29. The molecule has 1 atom stereocenters. The molecule has 6 heteroatoms. The quantitative estimate of drug-likeness (QED) is 0.674. The van der Waals surface area contributed by atoms with Crippen LogP contribution in [-0.2, 0) is 11.8 Å². The molecule has 0 saturated carbocycles. The van der Waals surface area contributed by atoms with Crippen LogP contribution >= 0.6 is 0 Å². The molecule has 1 aliphatic rings. The van der Waals surface area contributed by atoms with Gasteiger partial charge in [0.05, 0.1) is 11.4 Å². The second-order valence-electron chi connectivity index (χ2n) is 6.78. The minimum absolute atomic E-state index is 0.0203. The third-order valence-corrected chi connectivity index (χ3v) is 4.88. The largest absolute Gasteiger partial charge is 0.352 e. The summed E-state index contributed by atoms with van der Waals surface area (Å²) in [5, 5.41) is 8.64. The van der Waals surface area contributed by atoms with E-state index in [0.29, 0.717) is 5.82 Å². The topological polar surface area (TPSA) is 65.1 Å². The number of rotatable bonds is 3. The second-order valence-corrected chi connectivity index (χ2v) is 6.78. The molecule has 1 aliphatic heterocycles. The van der Waals surface area contributed by atoms with Crippen molar-refractivity contribution in [3.63, 3.8) is 0 Å². The van der Waals surface area contributed by atoms with Gasteiger partial charge >= 0.3 is 0 Å². The Balaban J connectivity index is 2.05. The van der Waals surface area contributed by atoms with Gasteiger partial charge in [-0.25, -0.2) is 0 Å². The minimum atomic E-state index is -0.387. The lowest BCUT2D eigenvalue weighted by molar-refractivity contribution is -0.112. The molecule has 2 aromatic heterocycles. The van der Waals surface area contributed by atoms with Gasteiger partial charge in [-0.2, -0.15) is 0 Å². The minimum Gasteiger partial charge on any atom is -0.352 e. The fourth-order valence-electron chi connectivity index (χ4n) is 3.47. The van der Waals surface area contributed by atoms with Gasteiger partial charge in [0.15, 0.2) is 11.6 Å². The summed E-state index contributed by atoms with van der Waals surface area (Å²) in [7, 11) is 2.03. The van der Waals surface area contributed by atoms with Crippen LogP contribution in [-0.4, -0.2) is 30.8 Å². The van der Waals surface area contributed by atoms with E-state index in [0.717, 1.165) is 34.0 Å². The maximum atomic E-state index is 11.5. The van der Waals surface area contributed by atoms with E-state index in [4.69, 9.17) is 4.99 Å². The number of aliphatic imine (C=N–C) groups is 1. The molecule has 0 N–H and O–H groups in total. The molecule has 0 radical (unpaired) electrons. The normalized spacial score (nSPS) is 16.0. The molecule has 0 amide bonds. The Morgan fingerprint density at radius 1 is 1.15 bits per heavy atom. The van der Waals surface area contributed by atoms with Gasteiger partial charge in [0, 0.05) is 30.1 Å². The molecule has 0 aliphatic carbocycles. The van der Waals surface area contributed by atoms with Crippen molar-refractivity contribution in [1.29, 1.82) is 0 Å². The monoisotopic (exact) mass is 359 g/mol. The smallest absolute Gasteiger partial charge is 0.166 e. The Kier molecular flexibility index (Phi) is 4.11. The highest BCUT2D eigenvalue weighted by molar-refractivity contribution is 6.16. The summed E-state index contributed by atoms with van der Waals surface area (Å²) in [6.45, 7) is 5.55. The molecule has 0 fully saturated rings. The van der Waals surface area contributed by atoms with Crippen LogP contribution in [0.4, 0.5) is 0 Å². The number of carbonyl (C=O) groups excluding carboxylic acids is 1. The van der Waals surface area contributed by atoms with Crippen molar-refractivity contribution >= 4 is 11.5 Å². The summed E-state index contributed by atoms with van der Waals surface area (Å²) < 4.78 is 4.13. The van der Waals surface area contributed by atoms with Crippen LogP contribution < -0.4 is 0 Å². The van der Waals surface area contributed by atoms with E-state index < -0.39 is 0 Å². The van der Waals surface area contributed by atoms with Gasteiger partial charge in [0.1, 0.15) is 11.9 Å². The number of carbonyl (C=O) groups is 1. The number of aromatic nitrogens is 4. The van der Waals surface area contributed by atoms with E-state index in [1.165, 1.54) is 6.92 Å². The maximum absolute atomic E-state index is 11.5. The predicted octanol–water partition coefficient (Wildman–Crippen LogP) is 3.26. The highest BCUT2D eigenvalue weighted by atomic mass is 16.1. The van der Waals surface area contributed by atoms with E-state index >= 15 is 0 Å². The highest BCUT2D eigenvalue weighted by Crippen LogP contribution is 2.33. The van der Waals surface area contributed by atoms with Crippen LogP contribution in [0.25, 0.3) is 5.69 Å². The van der Waals surface area contributed by atoms with Crippen LogP contribution in [0.2, 0.25) is 0 Å². The molecule has 6 nitrogen and oxygen atoms in total. The van der Waals surface area contributed by atoms with Gasteiger partial charge in [0.25, 0.3) is 0 Å². The maximum Gasteiger partial charge on any atom is 0.166 e. The molecule has 3 aromatic rings. The van der Waals surface area contributed by atoms with Gasteiger partial charge in [-0.15, -0.1) is 10.2 Å². The lowest BCUT2D eigenvalue weighted by Gasteiger charge is -2.09. The zero-order chi connectivity index (χ0) is 19.1. The zero-order valence-electron chi connectivity index (χ0n) is 15.8. The van der Waals surface area contributed by atoms with Gasteiger partial charge in [-0.3, -0.25) is 14.4 Å². The van der Waals surface area contributed by atoms with E-state index in [-0.39, 0.29) is 11.8 Å².